The molecule has 0 spiro atoms. The SMILES string of the molecule is Cc1cc(C)c2c(=O)c3c(oc2c1)C(=O)N(CC1CCCO1)C3c1ccc(C(C)C)cc1. The van der Waals surface area contributed by atoms with Gasteiger partial charge < -0.3 is 14.1 Å². The largest absolute Gasteiger partial charge is 0.450 e. The van der Waals surface area contributed by atoms with Crippen LogP contribution in [-0.4, -0.2) is 30.1 Å². The summed E-state index contributed by atoms with van der Waals surface area (Å²) in [6.07, 6.45) is 1.90. The number of hydrogen-bond donors (Lipinski definition) is 0. The van der Waals surface area contributed by atoms with E-state index in [1.54, 1.807) is 4.90 Å². The highest BCUT2D eigenvalue weighted by atomic mass is 16.5. The molecule has 166 valence electrons. The standard InChI is InChI=1S/C27H29NO4/c1-15(2)18-7-9-19(10-8-18)24-23-25(29)22-17(4)12-16(3)13-21(22)32-26(23)27(30)28(24)14-20-6-5-11-31-20/h7-10,12-13,15,20,24H,5-6,11,14H2,1-4H3. The molecule has 0 bridgehead atoms. The summed E-state index contributed by atoms with van der Waals surface area (Å²) in [7, 11) is 0. The average Bonchev–Trinajstić information content (AvgIpc) is 3.35. The number of rotatable bonds is 4. The lowest BCUT2D eigenvalue weighted by Gasteiger charge is -2.27. The molecular weight excluding hydrogens is 402 g/mol. The van der Waals surface area contributed by atoms with Crippen molar-refractivity contribution in [1.82, 2.24) is 4.90 Å². The molecule has 0 saturated carbocycles. The van der Waals surface area contributed by atoms with Crippen molar-refractivity contribution in [2.45, 2.75) is 58.6 Å². The van der Waals surface area contributed by atoms with E-state index in [9.17, 15) is 9.59 Å². The van der Waals surface area contributed by atoms with Crippen LogP contribution in [0, 0.1) is 13.8 Å². The van der Waals surface area contributed by atoms with E-state index in [1.165, 1.54) is 5.56 Å². The van der Waals surface area contributed by atoms with Crippen molar-refractivity contribution in [3.63, 3.8) is 0 Å². The molecule has 5 nitrogen and oxygen atoms in total. The normalized spacial score (nSPS) is 20.5. The fourth-order valence-corrected chi connectivity index (χ4v) is 5.12. The number of hydrogen-bond acceptors (Lipinski definition) is 4. The molecule has 5 heteroatoms. The van der Waals surface area contributed by atoms with Crippen LogP contribution >= 0.6 is 0 Å². The van der Waals surface area contributed by atoms with E-state index in [0.717, 1.165) is 29.5 Å². The number of fused-ring (bicyclic) bond motifs is 2. The van der Waals surface area contributed by atoms with Gasteiger partial charge in [0.15, 0.2) is 5.43 Å². The van der Waals surface area contributed by atoms with Gasteiger partial charge >= 0.3 is 0 Å². The van der Waals surface area contributed by atoms with Crippen molar-refractivity contribution in [2.75, 3.05) is 13.2 Å². The van der Waals surface area contributed by atoms with Gasteiger partial charge in [0.1, 0.15) is 5.58 Å². The molecule has 1 saturated heterocycles. The van der Waals surface area contributed by atoms with E-state index in [1.807, 2.05) is 38.1 Å². The first-order chi connectivity index (χ1) is 15.3. The number of nitrogens with zero attached hydrogens (tertiary/aromatic N) is 1. The van der Waals surface area contributed by atoms with E-state index in [0.29, 0.717) is 35.6 Å². The lowest BCUT2D eigenvalue weighted by molar-refractivity contribution is 0.0486. The fraction of sp³-hybridized carbons (Fsp3) is 0.407. The Balaban J connectivity index is 1.70. The molecule has 2 aromatic carbocycles. The Hall–Kier alpha value is -2.92. The molecule has 32 heavy (non-hydrogen) atoms. The van der Waals surface area contributed by atoms with Crippen molar-refractivity contribution in [3.8, 4) is 0 Å². The zero-order valence-electron chi connectivity index (χ0n) is 19.1. The van der Waals surface area contributed by atoms with Crippen LogP contribution in [-0.2, 0) is 4.74 Å². The van der Waals surface area contributed by atoms with Crippen molar-refractivity contribution in [1.29, 1.82) is 0 Å². The second-order valence-corrected chi connectivity index (χ2v) is 9.45. The second kappa shape index (κ2) is 7.89. The highest BCUT2D eigenvalue weighted by Crippen LogP contribution is 2.39. The molecule has 0 aliphatic carbocycles. The Kier molecular flexibility index (Phi) is 5.17. The summed E-state index contributed by atoms with van der Waals surface area (Å²) in [5.41, 5.74) is 4.84. The van der Waals surface area contributed by atoms with Crippen LogP contribution in [0.5, 0.6) is 0 Å². The maximum atomic E-state index is 13.8. The Morgan fingerprint density at radius 1 is 1.09 bits per heavy atom. The predicted molar refractivity (Wildman–Crippen MR) is 124 cm³/mol. The summed E-state index contributed by atoms with van der Waals surface area (Å²) < 4.78 is 12.0. The Labute approximate surface area is 188 Å². The van der Waals surface area contributed by atoms with Crippen molar-refractivity contribution < 1.29 is 13.9 Å². The molecule has 1 amide bonds. The summed E-state index contributed by atoms with van der Waals surface area (Å²) in [6.45, 7) is 9.36. The first kappa shape index (κ1) is 21.0. The molecule has 1 aromatic heterocycles. The fourth-order valence-electron chi connectivity index (χ4n) is 5.12. The Morgan fingerprint density at radius 2 is 1.84 bits per heavy atom. The Bertz CT molecular complexity index is 1250. The Morgan fingerprint density at radius 3 is 2.50 bits per heavy atom. The molecule has 3 aromatic rings. The van der Waals surface area contributed by atoms with Crippen LogP contribution in [0.3, 0.4) is 0 Å². The number of carbonyl (C=O) groups is 1. The van der Waals surface area contributed by atoms with Gasteiger partial charge in [0.25, 0.3) is 5.91 Å². The van der Waals surface area contributed by atoms with Crippen LogP contribution in [0.25, 0.3) is 11.0 Å². The summed E-state index contributed by atoms with van der Waals surface area (Å²) >= 11 is 0. The predicted octanol–water partition coefficient (Wildman–Crippen LogP) is 5.26. The number of amides is 1. The van der Waals surface area contributed by atoms with E-state index in [2.05, 4.69) is 26.0 Å². The van der Waals surface area contributed by atoms with Gasteiger partial charge in [0.2, 0.25) is 5.76 Å². The molecule has 2 aliphatic heterocycles. The molecule has 0 radical (unpaired) electrons. The summed E-state index contributed by atoms with van der Waals surface area (Å²) in [4.78, 5) is 29.1. The van der Waals surface area contributed by atoms with Crippen LogP contribution < -0.4 is 5.43 Å². The molecule has 1 fully saturated rings. The minimum absolute atomic E-state index is 0.0146. The van der Waals surface area contributed by atoms with Gasteiger partial charge in [-0.3, -0.25) is 9.59 Å². The highest BCUT2D eigenvalue weighted by Gasteiger charge is 2.44. The third-order valence-corrected chi connectivity index (χ3v) is 6.76. The van der Waals surface area contributed by atoms with Gasteiger partial charge in [-0.2, -0.15) is 0 Å². The zero-order chi connectivity index (χ0) is 22.6. The lowest BCUT2D eigenvalue weighted by Crippen LogP contribution is -2.36. The zero-order valence-corrected chi connectivity index (χ0v) is 19.1. The maximum Gasteiger partial charge on any atom is 0.291 e. The highest BCUT2D eigenvalue weighted by molar-refractivity contribution is 5.99. The first-order valence-electron chi connectivity index (χ1n) is 11.5. The van der Waals surface area contributed by atoms with E-state index in [-0.39, 0.29) is 23.2 Å². The maximum absolute atomic E-state index is 13.8. The minimum Gasteiger partial charge on any atom is -0.450 e. The molecule has 0 N–H and O–H groups in total. The third kappa shape index (κ3) is 3.36. The molecule has 5 rings (SSSR count). The number of ether oxygens (including phenoxy) is 1. The van der Waals surface area contributed by atoms with E-state index in [4.69, 9.17) is 9.15 Å². The lowest BCUT2D eigenvalue weighted by atomic mass is 9.94. The minimum atomic E-state index is -0.468. The van der Waals surface area contributed by atoms with Crippen LogP contribution in [0.1, 0.15) is 77.0 Å². The van der Waals surface area contributed by atoms with Crippen LogP contribution in [0.15, 0.2) is 45.6 Å². The van der Waals surface area contributed by atoms with Gasteiger partial charge in [-0.15, -0.1) is 0 Å². The third-order valence-electron chi connectivity index (χ3n) is 6.76. The second-order valence-electron chi connectivity index (χ2n) is 9.45. The summed E-state index contributed by atoms with van der Waals surface area (Å²) in [5, 5.41) is 0.560. The first-order valence-corrected chi connectivity index (χ1v) is 11.5. The topological polar surface area (TPSA) is 59.8 Å². The van der Waals surface area contributed by atoms with Crippen molar-refractivity contribution in [3.05, 3.63) is 80.2 Å². The monoisotopic (exact) mass is 431 g/mol. The average molecular weight is 432 g/mol. The summed E-state index contributed by atoms with van der Waals surface area (Å²) in [5.74, 6) is 0.347. The molecule has 2 atom stereocenters. The molecule has 2 unspecified atom stereocenters. The van der Waals surface area contributed by atoms with E-state index < -0.39 is 6.04 Å². The number of aryl methyl sites for hydroxylation is 2. The van der Waals surface area contributed by atoms with Crippen LogP contribution in [0.2, 0.25) is 0 Å². The van der Waals surface area contributed by atoms with Crippen molar-refractivity contribution >= 4 is 16.9 Å². The van der Waals surface area contributed by atoms with Gasteiger partial charge in [-0.1, -0.05) is 44.2 Å². The molecular formula is C27H29NO4. The van der Waals surface area contributed by atoms with Gasteiger partial charge in [0, 0.05) is 13.2 Å². The van der Waals surface area contributed by atoms with E-state index >= 15 is 0 Å². The van der Waals surface area contributed by atoms with Gasteiger partial charge in [0.05, 0.1) is 23.1 Å². The van der Waals surface area contributed by atoms with Crippen LogP contribution in [0.4, 0.5) is 0 Å². The number of benzene rings is 2. The van der Waals surface area contributed by atoms with Crippen molar-refractivity contribution in [2.24, 2.45) is 0 Å². The molecule has 2 aliphatic rings. The quantitative estimate of drug-likeness (QED) is 0.566. The smallest absolute Gasteiger partial charge is 0.291 e. The summed E-state index contributed by atoms with van der Waals surface area (Å²) in [6, 6.07) is 11.6. The molecule has 3 heterocycles. The van der Waals surface area contributed by atoms with Gasteiger partial charge in [-0.25, -0.2) is 0 Å². The number of carbonyl (C=O) groups excluding carboxylic acids is 1. The van der Waals surface area contributed by atoms with Gasteiger partial charge in [-0.05, 0) is 60.9 Å².